The lowest BCUT2D eigenvalue weighted by Crippen LogP contribution is -2.35. The van der Waals surface area contributed by atoms with Gasteiger partial charge in [0.2, 0.25) is 0 Å². The molecule has 108 valence electrons. The summed E-state index contributed by atoms with van der Waals surface area (Å²) in [6, 6.07) is 4.11. The molecule has 0 spiro atoms. The second kappa shape index (κ2) is 5.66. The summed E-state index contributed by atoms with van der Waals surface area (Å²) in [5.41, 5.74) is 1.00. The minimum absolute atomic E-state index is 0.0154. The van der Waals surface area contributed by atoms with E-state index in [1.54, 1.807) is 6.20 Å². The molecule has 6 heteroatoms. The number of rotatable bonds is 4. The monoisotopic (exact) mass is 280 g/mol. The van der Waals surface area contributed by atoms with Crippen molar-refractivity contribution >= 4 is 0 Å². The molecule has 0 unspecified atom stereocenters. The van der Waals surface area contributed by atoms with Crippen molar-refractivity contribution in [3.8, 4) is 0 Å². The van der Waals surface area contributed by atoms with Gasteiger partial charge in [-0.2, -0.15) is 0 Å². The highest BCUT2D eigenvalue weighted by Crippen LogP contribution is 2.12. The van der Waals surface area contributed by atoms with Crippen LogP contribution in [0.25, 0.3) is 0 Å². The Morgan fingerprint density at radius 1 is 1.25 bits per heavy atom. The first-order valence-corrected chi connectivity index (χ1v) is 6.42. The van der Waals surface area contributed by atoms with E-state index in [9.17, 15) is 8.78 Å². The summed E-state index contributed by atoms with van der Waals surface area (Å²) in [6.07, 6.45) is 1.73. The SMILES string of the molecule is CC(C)(C)NCc1cn(Cc2cccc(F)c2F)nn1. The van der Waals surface area contributed by atoms with Gasteiger partial charge in [0.25, 0.3) is 0 Å². The molecule has 20 heavy (non-hydrogen) atoms. The molecule has 0 aliphatic heterocycles. The first kappa shape index (κ1) is 14.6. The molecule has 0 aliphatic rings. The summed E-state index contributed by atoms with van der Waals surface area (Å²) in [5.74, 6) is -1.69. The van der Waals surface area contributed by atoms with Crippen LogP contribution in [0, 0.1) is 11.6 Å². The molecule has 1 N–H and O–H groups in total. The topological polar surface area (TPSA) is 42.7 Å². The highest BCUT2D eigenvalue weighted by Gasteiger charge is 2.12. The van der Waals surface area contributed by atoms with E-state index in [0.717, 1.165) is 11.8 Å². The molecule has 2 aromatic rings. The lowest BCUT2D eigenvalue weighted by atomic mass is 10.1. The second-order valence-electron chi connectivity index (χ2n) is 5.72. The number of benzene rings is 1. The molecule has 1 aromatic carbocycles. The Bertz CT molecular complexity index is 587. The van der Waals surface area contributed by atoms with Gasteiger partial charge in [-0.15, -0.1) is 5.10 Å². The third-order valence-corrected chi connectivity index (χ3v) is 2.75. The molecule has 2 rings (SSSR count). The minimum atomic E-state index is -0.850. The maximum absolute atomic E-state index is 13.5. The quantitative estimate of drug-likeness (QED) is 0.935. The Kier molecular flexibility index (Phi) is 4.13. The van der Waals surface area contributed by atoms with Gasteiger partial charge in [-0.05, 0) is 26.8 Å². The zero-order valence-corrected chi connectivity index (χ0v) is 11.8. The van der Waals surface area contributed by atoms with Crippen LogP contribution in [0.4, 0.5) is 8.78 Å². The number of halogens is 2. The van der Waals surface area contributed by atoms with Crippen molar-refractivity contribution < 1.29 is 8.78 Å². The fraction of sp³-hybridized carbons (Fsp3) is 0.429. The number of nitrogens with zero attached hydrogens (tertiary/aromatic N) is 3. The molecule has 0 aliphatic carbocycles. The van der Waals surface area contributed by atoms with Crippen LogP contribution in [-0.2, 0) is 13.1 Å². The molecule has 0 saturated heterocycles. The molecule has 0 amide bonds. The Hall–Kier alpha value is -1.82. The highest BCUT2D eigenvalue weighted by molar-refractivity contribution is 5.19. The molecule has 1 heterocycles. The molecule has 0 bridgehead atoms. The van der Waals surface area contributed by atoms with Gasteiger partial charge in [-0.1, -0.05) is 17.3 Å². The summed E-state index contributed by atoms with van der Waals surface area (Å²) in [4.78, 5) is 0. The van der Waals surface area contributed by atoms with Gasteiger partial charge < -0.3 is 5.32 Å². The first-order valence-electron chi connectivity index (χ1n) is 6.42. The third-order valence-electron chi connectivity index (χ3n) is 2.75. The predicted molar refractivity (Wildman–Crippen MR) is 72.1 cm³/mol. The van der Waals surface area contributed by atoms with Gasteiger partial charge in [-0.25, -0.2) is 13.5 Å². The molecule has 4 nitrogen and oxygen atoms in total. The van der Waals surface area contributed by atoms with Crippen LogP contribution in [-0.4, -0.2) is 20.5 Å². The first-order chi connectivity index (χ1) is 9.35. The van der Waals surface area contributed by atoms with Gasteiger partial charge >= 0.3 is 0 Å². The van der Waals surface area contributed by atoms with Gasteiger partial charge in [0, 0.05) is 17.6 Å². The summed E-state index contributed by atoms with van der Waals surface area (Å²) < 4.78 is 28.2. The fourth-order valence-electron chi connectivity index (χ4n) is 1.70. The Labute approximate surface area is 116 Å². The van der Waals surface area contributed by atoms with E-state index in [4.69, 9.17) is 0 Å². The zero-order valence-electron chi connectivity index (χ0n) is 11.8. The van der Waals surface area contributed by atoms with Crippen LogP contribution in [0.2, 0.25) is 0 Å². The molecule has 0 saturated carbocycles. The molecule has 0 fully saturated rings. The van der Waals surface area contributed by atoms with E-state index in [0.29, 0.717) is 6.54 Å². The fourth-order valence-corrected chi connectivity index (χ4v) is 1.70. The van der Waals surface area contributed by atoms with Crippen molar-refractivity contribution in [2.45, 2.75) is 39.4 Å². The van der Waals surface area contributed by atoms with Crippen molar-refractivity contribution in [1.82, 2.24) is 20.3 Å². The largest absolute Gasteiger partial charge is 0.306 e. The van der Waals surface area contributed by atoms with Crippen LogP contribution in [0.5, 0.6) is 0 Å². The van der Waals surface area contributed by atoms with Crippen molar-refractivity contribution in [2.24, 2.45) is 0 Å². The van der Waals surface area contributed by atoms with Crippen LogP contribution in [0.15, 0.2) is 24.4 Å². The van der Waals surface area contributed by atoms with Crippen molar-refractivity contribution in [3.05, 3.63) is 47.3 Å². The second-order valence-corrected chi connectivity index (χ2v) is 5.72. The highest BCUT2D eigenvalue weighted by atomic mass is 19.2. The molecular weight excluding hydrogens is 262 g/mol. The normalized spacial score (nSPS) is 11.8. The van der Waals surface area contributed by atoms with Crippen molar-refractivity contribution in [1.29, 1.82) is 0 Å². The van der Waals surface area contributed by atoms with Crippen LogP contribution >= 0.6 is 0 Å². The molecular formula is C14H18F2N4. The minimum Gasteiger partial charge on any atom is -0.306 e. The predicted octanol–water partition coefficient (Wildman–Crippen LogP) is 2.49. The summed E-state index contributed by atoms with van der Waals surface area (Å²) in [6.45, 7) is 6.90. The summed E-state index contributed by atoms with van der Waals surface area (Å²) in [7, 11) is 0. The standard InChI is InChI=1S/C14H18F2N4/c1-14(2,3)17-7-11-9-20(19-18-11)8-10-5-4-6-12(15)13(10)16/h4-6,9,17H,7-8H2,1-3H3. The van der Waals surface area contributed by atoms with E-state index in [1.165, 1.54) is 16.8 Å². The van der Waals surface area contributed by atoms with E-state index >= 15 is 0 Å². The van der Waals surface area contributed by atoms with Crippen LogP contribution in [0.3, 0.4) is 0 Å². The van der Waals surface area contributed by atoms with E-state index in [-0.39, 0.29) is 17.6 Å². The lowest BCUT2D eigenvalue weighted by Gasteiger charge is -2.19. The Balaban J connectivity index is 2.04. The van der Waals surface area contributed by atoms with Gasteiger partial charge in [0.1, 0.15) is 0 Å². The maximum Gasteiger partial charge on any atom is 0.163 e. The van der Waals surface area contributed by atoms with Crippen LogP contribution < -0.4 is 5.32 Å². The van der Waals surface area contributed by atoms with Gasteiger partial charge in [0.05, 0.1) is 18.4 Å². The van der Waals surface area contributed by atoms with E-state index < -0.39 is 11.6 Å². The van der Waals surface area contributed by atoms with E-state index in [2.05, 4.69) is 36.4 Å². The lowest BCUT2D eigenvalue weighted by molar-refractivity contribution is 0.421. The smallest absolute Gasteiger partial charge is 0.163 e. The van der Waals surface area contributed by atoms with Gasteiger partial charge in [0.15, 0.2) is 11.6 Å². The number of hydrogen-bond acceptors (Lipinski definition) is 3. The van der Waals surface area contributed by atoms with E-state index in [1.807, 2.05) is 0 Å². The maximum atomic E-state index is 13.5. The van der Waals surface area contributed by atoms with Crippen molar-refractivity contribution in [3.63, 3.8) is 0 Å². The zero-order chi connectivity index (χ0) is 14.8. The molecule has 1 aromatic heterocycles. The average Bonchev–Trinajstić information content (AvgIpc) is 2.80. The summed E-state index contributed by atoms with van der Waals surface area (Å²) >= 11 is 0. The number of nitrogens with one attached hydrogen (secondary N) is 1. The summed E-state index contributed by atoms with van der Waals surface area (Å²) in [5, 5.41) is 11.2. The average molecular weight is 280 g/mol. The number of aromatic nitrogens is 3. The van der Waals surface area contributed by atoms with Crippen molar-refractivity contribution in [2.75, 3.05) is 0 Å². The third kappa shape index (κ3) is 3.84. The Morgan fingerprint density at radius 2 is 2.00 bits per heavy atom. The van der Waals surface area contributed by atoms with Crippen LogP contribution in [0.1, 0.15) is 32.0 Å². The Morgan fingerprint density at radius 3 is 2.70 bits per heavy atom. The number of hydrogen-bond donors (Lipinski definition) is 1. The van der Waals surface area contributed by atoms with Gasteiger partial charge in [-0.3, -0.25) is 0 Å². The molecule has 0 radical (unpaired) electrons. The molecule has 0 atom stereocenters.